The third-order valence-corrected chi connectivity index (χ3v) is 5.87. The molecule has 0 bridgehead atoms. The van der Waals surface area contributed by atoms with Crippen LogP contribution >= 0.6 is 0 Å². The molecule has 0 fully saturated rings. The predicted molar refractivity (Wildman–Crippen MR) is 147 cm³/mol. The molecule has 196 valence electrons. The molecule has 0 aliphatic heterocycles. The highest BCUT2D eigenvalue weighted by atomic mass is 16.3. The number of hydrogen-bond donors (Lipinski definition) is 4. The van der Waals surface area contributed by atoms with E-state index >= 15 is 0 Å². The number of aliphatic hydroxyl groups is 1. The van der Waals surface area contributed by atoms with Crippen LogP contribution in [0.1, 0.15) is 32.6 Å². The maximum Gasteiger partial charge on any atom is 0.251 e. The van der Waals surface area contributed by atoms with Crippen molar-refractivity contribution < 1.29 is 19.5 Å². The molecule has 0 heterocycles. The van der Waals surface area contributed by atoms with Crippen molar-refractivity contribution in [2.45, 2.75) is 19.5 Å². The number of nitrogens with one attached hydrogen (secondary N) is 2. The van der Waals surface area contributed by atoms with Crippen molar-refractivity contribution in [3.05, 3.63) is 101 Å². The van der Waals surface area contributed by atoms with E-state index in [0.717, 1.165) is 5.56 Å². The van der Waals surface area contributed by atoms with Crippen LogP contribution in [0.15, 0.2) is 72.8 Å². The molecule has 1 atom stereocenters. The molecular formula is C30H32N4O4. The monoisotopic (exact) mass is 512 g/mol. The van der Waals surface area contributed by atoms with E-state index < -0.39 is 24.3 Å². The summed E-state index contributed by atoms with van der Waals surface area (Å²) in [6.45, 7) is 2.25. The third kappa shape index (κ3) is 8.39. The number of amides is 2. The second kappa shape index (κ2) is 13.9. The fourth-order valence-corrected chi connectivity index (χ4v) is 3.69. The van der Waals surface area contributed by atoms with Gasteiger partial charge in [0, 0.05) is 35.5 Å². The summed E-state index contributed by atoms with van der Waals surface area (Å²) in [5.41, 5.74) is 10.4. The first-order chi connectivity index (χ1) is 18.3. The summed E-state index contributed by atoms with van der Waals surface area (Å²) in [6.07, 6.45) is 0. The number of nitrogens with zero attached hydrogens (tertiary/aromatic N) is 1. The smallest absolute Gasteiger partial charge is 0.251 e. The number of carbonyl (C=O) groups is 3. The molecule has 3 aromatic rings. The molecule has 8 heteroatoms. The number of ketones is 1. The Labute approximate surface area is 222 Å². The van der Waals surface area contributed by atoms with E-state index in [-0.39, 0.29) is 19.0 Å². The number of hydrogen-bond acceptors (Lipinski definition) is 6. The highest BCUT2D eigenvalue weighted by Gasteiger charge is 2.18. The van der Waals surface area contributed by atoms with Crippen molar-refractivity contribution in [2.24, 2.45) is 5.73 Å². The van der Waals surface area contributed by atoms with Crippen molar-refractivity contribution in [3.8, 4) is 11.8 Å². The molecule has 38 heavy (non-hydrogen) atoms. The lowest BCUT2D eigenvalue weighted by Gasteiger charge is -2.17. The van der Waals surface area contributed by atoms with Crippen molar-refractivity contribution in [3.63, 3.8) is 0 Å². The van der Waals surface area contributed by atoms with E-state index in [2.05, 4.69) is 41.5 Å². The summed E-state index contributed by atoms with van der Waals surface area (Å²) >= 11 is 0. The topological polar surface area (TPSA) is 125 Å². The van der Waals surface area contributed by atoms with Gasteiger partial charge in [0.2, 0.25) is 5.91 Å². The molecule has 0 spiro atoms. The zero-order valence-electron chi connectivity index (χ0n) is 21.5. The predicted octanol–water partition coefficient (Wildman–Crippen LogP) is 2.08. The van der Waals surface area contributed by atoms with Crippen LogP contribution in [0.3, 0.4) is 0 Å². The van der Waals surface area contributed by atoms with Crippen LogP contribution in [0.2, 0.25) is 0 Å². The van der Waals surface area contributed by atoms with Gasteiger partial charge < -0.3 is 21.5 Å². The zero-order valence-corrected chi connectivity index (χ0v) is 21.5. The molecule has 0 saturated carbocycles. The Hall–Kier alpha value is -4.29. The van der Waals surface area contributed by atoms with Gasteiger partial charge in [-0.15, -0.1) is 0 Å². The van der Waals surface area contributed by atoms with Gasteiger partial charge in [0.05, 0.1) is 6.54 Å². The van der Waals surface area contributed by atoms with E-state index in [1.165, 1.54) is 11.1 Å². The number of rotatable bonds is 10. The molecule has 2 amide bonds. The lowest BCUT2D eigenvalue weighted by Crippen LogP contribution is -2.46. The standard InChI is InChI=1S/C30H32N4O4/c1-21-5-3-4-6-25(21)18-34(2)19-29(37)32-26-15-11-23(12-16-26)8-7-22-9-13-24(14-10-22)30(38)33-27(17-31)28(36)20-35/h3-6,9-16,27,35H,17-20,31H2,1-2H3,(H,32,37)(H,33,38)/t27-/m0/s1. The fraction of sp³-hybridized carbons (Fsp3) is 0.233. The minimum absolute atomic E-state index is 0.0949. The van der Waals surface area contributed by atoms with E-state index in [4.69, 9.17) is 10.8 Å². The molecule has 0 aliphatic carbocycles. The lowest BCUT2D eigenvalue weighted by atomic mass is 10.1. The van der Waals surface area contributed by atoms with E-state index in [1.807, 2.05) is 36.2 Å². The molecule has 3 rings (SSSR count). The van der Waals surface area contributed by atoms with Crippen molar-refractivity contribution in [2.75, 3.05) is 32.1 Å². The summed E-state index contributed by atoms with van der Waals surface area (Å²) < 4.78 is 0. The van der Waals surface area contributed by atoms with Gasteiger partial charge in [-0.05, 0) is 73.6 Å². The molecule has 0 aliphatic rings. The van der Waals surface area contributed by atoms with E-state index in [1.54, 1.807) is 36.4 Å². The molecular weight excluding hydrogens is 480 g/mol. The minimum atomic E-state index is -0.931. The lowest BCUT2D eigenvalue weighted by molar-refractivity contribution is -0.123. The molecule has 5 N–H and O–H groups in total. The van der Waals surface area contributed by atoms with Gasteiger partial charge in [0.25, 0.3) is 5.91 Å². The van der Waals surface area contributed by atoms with Crippen molar-refractivity contribution in [1.82, 2.24) is 10.2 Å². The molecule has 0 radical (unpaired) electrons. The number of carbonyl (C=O) groups excluding carboxylic acids is 3. The zero-order chi connectivity index (χ0) is 27.5. The Morgan fingerprint density at radius 3 is 2.13 bits per heavy atom. The van der Waals surface area contributed by atoms with Crippen molar-refractivity contribution >= 4 is 23.3 Å². The first-order valence-electron chi connectivity index (χ1n) is 12.2. The number of likely N-dealkylation sites (N-methyl/N-ethyl adjacent to an activating group) is 1. The molecule has 8 nitrogen and oxygen atoms in total. The summed E-state index contributed by atoms with van der Waals surface area (Å²) in [7, 11) is 1.92. The number of Topliss-reactive ketones (excluding diaryl/α,β-unsaturated/α-hetero) is 1. The van der Waals surface area contributed by atoms with Gasteiger partial charge >= 0.3 is 0 Å². The van der Waals surface area contributed by atoms with Crippen LogP contribution in [0.4, 0.5) is 5.69 Å². The maximum atomic E-state index is 12.5. The second-order valence-electron chi connectivity index (χ2n) is 8.94. The highest BCUT2D eigenvalue weighted by molar-refractivity contribution is 5.98. The molecule has 0 unspecified atom stereocenters. The summed E-state index contributed by atoms with van der Waals surface area (Å²) in [4.78, 5) is 38.3. The Kier molecular flexibility index (Phi) is 10.3. The average Bonchev–Trinajstić information content (AvgIpc) is 2.92. The fourth-order valence-electron chi connectivity index (χ4n) is 3.69. The van der Waals surface area contributed by atoms with Crippen molar-refractivity contribution in [1.29, 1.82) is 0 Å². The van der Waals surface area contributed by atoms with Gasteiger partial charge in [-0.1, -0.05) is 36.1 Å². The summed E-state index contributed by atoms with van der Waals surface area (Å²) in [5, 5.41) is 14.4. The Morgan fingerprint density at radius 2 is 1.55 bits per heavy atom. The average molecular weight is 513 g/mol. The quantitative estimate of drug-likeness (QED) is 0.308. The SMILES string of the molecule is Cc1ccccc1CN(C)CC(=O)Nc1ccc(C#Cc2ccc(C(=O)N[C@@H](CN)C(=O)CO)cc2)cc1. The van der Waals surface area contributed by atoms with Crippen LogP contribution < -0.4 is 16.4 Å². The minimum Gasteiger partial charge on any atom is -0.388 e. The second-order valence-corrected chi connectivity index (χ2v) is 8.94. The van der Waals surface area contributed by atoms with Gasteiger partial charge in [-0.25, -0.2) is 0 Å². The molecule has 0 aromatic heterocycles. The highest BCUT2D eigenvalue weighted by Crippen LogP contribution is 2.12. The number of aryl methyl sites for hydroxylation is 1. The first kappa shape index (κ1) is 28.3. The van der Waals surface area contributed by atoms with Gasteiger partial charge in [-0.2, -0.15) is 0 Å². The normalized spacial score (nSPS) is 11.3. The van der Waals surface area contributed by atoms with Crippen LogP contribution in [0.5, 0.6) is 0 Å². The largest absolute Gasteiger partial charge is 0.388 e. The molecule has 0 saturated heterocycles. The van der Waals surface area contributed by atoms with Crippen LogP contribution in [0, 0.1) is 18.8 Å². The number of anilines is 1. The number of benzene rings is 3. The summed E-state index contributed by atoms with van der Waals surface area (Å²) in [6, 6.07) is 21.1. The Bertz CT molecular complexity index is 1320. The Morgan fingerprint density at radius 1 is 0.947 bits per heavy atom. The molecule has 3 aromatic carbocycles. The van der Waals surface area contributed by atoms with Crippen LogP contribution in [-0.4, -0.2) is 60.4 Å². The number of aliphatic hydroxyl groups excluding tert-OH is 1. The van der Waals surface area contributed by atoms with Crippen LogP contribution in [-0.2, 0) is 16.1 Å². The van der Waals surface area contributed by atoms with E-state index in [9.17, 15) is 14.4 Å². The maximum absolute atomic E-state index is 12.5. The first-order valence-corrected chi connectivity index (χ1v) is 12.2. The van der Waals surface area contributed by atoms with Gasteiger partial charge in [0.15, 0.2) is 5.78 Å². The third-order valence-electron chi connectivity index (χ3n) is 5.87. The summed E-state index contributed by atoms with van der Waals surface area (Å²) in [5.74, 6) is 5.00. The van der Waals surface area contributed by atoms with Gasteiger partial charge in [0.1, 0.15) is 12.6 Å². The Balaban J connectivity index is 1.52. The number of nitrogens with two attached hydrogens (primary N) is 1. The van der Waals surface area contributed by atoms with Crippen LogP contribution in [0.25, 0.3) is 0 Å². The van der Waals surface area contributed by atoms with E-state index in [0.29, 0.717) is 23.4 Å². The van der Waals surface area contributed by atoms with Gasteiger partial charge in [-0.3, -0.25) is 19.3 Å².